The molecule has 4 nitrogen and oxygen atoms in total. The van der Waals surface area contributed by atoms with Gasteiger partial charge in [-0.05, 0) is 0 Å². The Bertz CT molecular complexity index is 87.2. The van der Waals surface area contributed by atoms with Crippen molar-refractivity contribution >= 4 is 59.0 Å². The zero-order chi connectivity index (χ0) is 6.62. The molecule has 50 valence electrons. The third kappa shape index (κ3) is 2.95. The Morgan fingerprint density at radius 1 is 1.75 bits per heavy atom. The molecule has 0 rings (SSSR count). The van der Waals surface area contributed by atoms with Crippen molar-refractivity contribution in [1.29, 1.82) is 0 Å². The molecule has 0 heterocycles. The van der Waals surface area contributed by atoms with Gasteiger partial charge in [0.05, 0.1) is 11.9 Å². The van der Waals surface area contributed by atoms with Gasteiger partial charge in [-0.2, -0.15) is 4.08 Å². The number of rotatable bonds is 3. The topological polar surface area (TPSA) is 44.8 Å². The fraction of sp³-hybridized carbons (Fsp3) is 0. The van der Waals surface area contributed by atoms with Crippen LogP contribution in [0.1, 0.15) is 0 Å². The van der Waals surface area contributed by atoms with E-state index in [1.165, 1.54) is 23.0 Å². The first-order chi connectivity index (χ1) is 3.68. The molecule has 0 saturated carbocycles. The lowest BCUT2D eigenvalue weighted by Gasteiger charge is -2.01. The molecule has 1 unspecified atom stereocenters. The van der Waals surface area contributed by atoms with Crippen LogP contribution in [-0.2, 0) is 15.1 Å². The first-order valence-electron chi connectivity index (χ1n) is 1.19. The van der Waals surface area contributed by atoms with Crippen LogP contribution in [0.5, 0.6) is 0 Å². The number of hydrogen-bond donors (Lipinski definition) is 0. The molecule has 0 amide bonds. The average molecular weight is 337 g/mol. The van der Waals surface area contributed by atoms with E-state index >= 15 is 0 Å². The summed E-state index contributed by atoms with van der Waals surface area (Å²) in [4.78, 5) is 0. The fourth-order valence-corrected chi connectivity index (χ4v) is 2.25. The van der Waals surface area contributed by atoms with Gasteiger partial charge in [-0.1, -0.05) is 0 Å². The molecule has 0 aliphatic carbocycles. The Kier molecular flexibility index (Phi) is 5.32. The van der Waals surface area contributed by atoms with Crippen LogP contribution >= 0.6 is 59.0 Å². The third-order valence-electron chi connectivity index (χ3n) is 0.254. The van der Waals surface area contributed by atoms with Crippen LogP contribution in [0, 0.1) is 0 Å². The van der Waals surface area contributed by atoms with Gasteiger partial charge in [0.2, 0.25) is 0 Å². The SMILES string of the molecule is O=P(OCl)(OBr)OI. The molecular formula is BrClIO4P. The van der Waals surface area contributed by atoms with Crippen LogP contribution in [0.4, 0.5) is 0 Å². The van der Waals surface area contributed by atoms with Crippen LogP contribution in [0.2, 0.25) is 0 Å². The molecule has 0 aromatic heterocycles. The van der Waals surface area contributed by atoms with Crippen molar-refractivity contribution in [3.05, 3.63) is 0 Å². The molecule has 0 fully saturated rings. The van der Waals surface area contributed by atoms with Crippen molar-refractivity contribution in [2.45, 2.75) is 0 Å². The zero-order valence-electron chi connectivity index (χ0n) is 3.21. The quantitative estimate of drug-likeness (QED) is 0.587. The minimum atomic E-state index is -3.49. The molecule has 8 heavy (non-hydrogen) atoms. The zero-order valence-corrected chi connectivity index (χ0v) is 8.61. The molecule has 0 saturated heterocycles. The average Bonchev–Trinajstić information content (AvgIpc) is 1.87. The largest absolute Gasteiger partial charge is 0.511 e. The molecule has 0 bridgehead atoms. The molecule has 8 heteroatoms. The highest BCUT2D eigenvalue weighted by atomic mass is 127. The van der Waals surface area contributed by atoms with E-state index in [4.69, 9.17) is 0 Å². The lowest BCUT2D eigenvalue weighted by molar-refractivity contribution is 0.363. The monoisotopic (exact) mass is 336 g/mol. The predicted molar refractivity (Wildman–Crippen MR) is 39.7 cm³/mol. The molecule has 1 atom stereocenters. The van der Waals surface area contributed by atoms with Crippen molar-refractivity contribution in [2.24, 2.45) is 0 Å². The highest BCUT2D eigenvalue weighted by molar-refractivity contribution is 14.1. The summed E-state index contributed by atoms with van der Waals surface area (Å²) < 4.78 is 22.4. The molecule has 0 radical (unpaired) electrons. The lowest BCUT2D eigenvalue weighted by Crippen LogP contribution is -1.76. The summed E-state index contributed by atoms with van der Waals surface area (Å²) in [5.74, 6) is 0. The van der Waals surface area contributed by atoms with Gasteiger partial charge in [-0.15, -0.1) is 0 Å². The third-order valence-corrected chi connectivity index (χ3v) is 3.78. The summed E-state index contributed by atoms with van der Waals surface area (Å²) in [6.45, 7) is 0. The molecule has 0 aliphatic rings. The van der Waals surface area contributed by atoms with E-state index < -0.39 is 7.82 Å². The van der Waals surface area contributed by atoms with Crippen molar-refractivity contribution in [1.82, 2.24) is 0 Å². The maximum atomic E-state index is 10.5. The van der Waals surface area contributed by atoms with Crippen molar-refractivity contribution in [3.63, 3.8) is 0 Å². The van der Waals surface area contributed by atoms with Gasteiger partial charge in [0, 0.05) is 0 Å². The molecule has 0 N–H and O–H groups in total. The Morgan fingerprint density at radius 3 is 2.25 bits per heavy atom. The van der Waals surface area contributed by atoms with E-state index in [0.717, 1.165) is 0 Å². The van der Waals surface area contributed by atoms with Crippen molar-refractivity contribution in [3.8, 4) is 0 Å². The highest BCUT2D eigenvalue weighted by Gasteiger charge is 2.24. The predicted octanol–water partition coefficient (Wildman–Crippen LogP) is 2.96. The first kappa shape index (κ1) is 9.61. The fourth-order valence-electron chi connectivity index (χ4n) is 0.0319. The van der Waals surface area contributed by atoms with Gasteiger partial charge in [-0.25, -0.2) is 11.0 Å². The van der Waals surface area contributed by atoms with Gasteiger partial charge < -0.3 is 0 Å². The van der Waals surface area contributed by atoms with E-state index in [-0.39, 0.29) is 0 Å². The smallest absolute Gasteiger partial charge is 0.225 e. The summed E-state index contributed by atoms with van der Waals surface area (Å²) in [7, 11) is -3.49. The van der Waals surface area contributed by atoms with Gasteiger partial charge in [0.15, 0.2) is 0 Å². The van der Waals surface area contributed by atoms with Gasteiger partial charge in [-0.3, -0.25) is 0 Å². The van der Waals surface area contributed by atoms with Crippen molar-refractivity contribution < 1.29 is 15.1 Å². The second-order valence-corrected chi connectivity index (χ2v) is 4.43. The Labute approximate surface area is 73.7 Å². The van der Waals surface area contributed by atoms with E-state index in [2.05, 4.69) is 38.7 Å². The summed E-state index contributed by atoms with van der Waals surface area (Å²) in [6.07, 6.45) is 0. The normalized spacial score (nSPS) is 17.9. The molecular weight excluding hydrogens is 337 g/mol. The second kappa shape index (κ2) is 4.43. The van der Waals surface area contributed by atoms with Gasteiger partial charge in [0.1, 0.15) is 39.3 Å². The summed E-state index contributed by atoms with van der Waals surface area (Å²) in [5.41, 5.74) is 0. The minimum absolute atomic E-state index is 1.34. The summed E-state index contributed by atoms with van der Waals surface area (Å²) in [5, 5.41) is 0. The highest BCUT2D eigenvalue weighted by Crippen LogP contribution is 2.54. The number of halogens is 3. The maximum absolute atomic E-state index is 10.5. The van der Waals surface area contributed by atoms with E-state index in [0.29, 0.717) is 0 Å². The molecule has 0 aromatic carbocycles. The Balaban J connectivity index is 3.79. The second-order valence-electron chi connectivity index (χ2n) is 0.654. The van der Waals surface area contributed by atoms with Gasteiger partial charge >= 0.3 is 7.82 Å². The summed E-state index contributed by atoms with van der Waals surface area (Å²) in [6, 6.07) is 0. The maximum Gasteiger partial charge on any atom is 0.511 e. The summed E-state index contributed by atoms with van der Waals surface area (Å²) >= 11 is 8.39. The van der Waals surface area contributed by atoms with Crippen LogP contribution in [-0.4, -0.2) is 0 Å². The molecule has 0 aromatic rings. The molecule has 0 aliphatic heterocycles. The standard InChI is InChI=1S/BrClIO4P/c1-5-8(4,6-2)7-3. The van der Waals surface area contributed by atoms with Crippen molar-refractivity contribution in [2.75, 3.05) is 0 Å². The van der Waals surface area contributed by atoms with E-state index in [1.807, 2.05) is 0 Å². The molecule has 0 spiro atoms. The number of hydrogen-bond acceptors (Lipinski definition) is 4. The number of phosphoric acid groups is 1. The van der Waals surface area contributed by atoms with E-state index in [1.54, 1.807) is 0 Å². The van der Waals surface area contributed by atoms with Crippen LogP contribution in [0.15, 0.2) is 0 Å². The van der Waals surface area contributed by atoms with Crippen LogP contribution < -0.4 is 0 Å². The van der Waals surface area contributed by atoms with Gasteiger partial charge in [0.25, 0.3) is 0 Å². The minimum Gasteiger partial charge on any atom is -0.225 e. The van der Waals surface area contributed by atoms with Crippen LogP contribution in [0.3, 0.4) is 0 Å². The first-order valence-corrected chi connectivity index (χ1v) is 4.49. The van der Waals surface area contributed by atoms with E-state index in [9.17, 15) is 4.57 Å². The van der Waals surface area contributed by atoms with Crippen LogP contribution in [0.25, 0.3) is 0 Å². The Hall–Kier alpha value is 1.61. The Morgan fingerprint density at radius 2 is 2.25 bits per heavy atom. The lowest BCUT2D eigenvalue weighted by atomic mass is 15.7.